The molecule has 0 amide bonds. The van der Waals surface area contributed by atoms with Crippen molar-refractivity contribution >= 4 is 23.1 Å². The Kier molecular flexibility index (Phi) is 4.52. The Labute approximate surface area is 131 Å². The maximum absolute atomic E-state index is 6.16. The molecular formula is C17H22ClN3. The molecule has 0 atom stereocenters. The van der Waals surface area contributed by atoms with Gasteiger partial charge in [0.25, 0.3) is 0 Å². The number of halogens is 1. The lowest BCUT2D eigenvalue weighted by Crippen LogP contribution is -2.10. The summed E-state index contributed by atoms with van der Waals surface area (Å²) in [6.07, 6.45) is 0.762. The van der Waals surface area contributed by atoms with Crippen molar-refractivity contribution in [2.45, 2.75) is 46.5 Å². The highest BCUT2D eigenvalue weighted by atomic mass is 35.5. The summed E-state index contributed by atoms with van der Waals surface area (Å²) in [6.45, 7) is 10.6. The Morgan fingerprint density at radius 1 is 1.10 bits per heavy atom. The minimum atomic E-state index is 0.155. The molecule has 1 aromatic heterocycles. The van der Waals surface area contributed by atoms with E-state index in [9.17, 15) is 0 Å². The number of anilines is 2. The van der Waals surface area contributed by atoms with Crippen LogP contribution in [0.5, 0.6) is 0 Å². The van der Waals surface area contributed by atoms with Gasteiger partial charge in [0.2, 0.25) is 0 Å². The molecule has 0 radical (unpaired) electrons. The lowest BCUT2D eigenvalue weighted by Gasteiger charge is -2.19. The number of rotatable bonds is 3. The van der Waals surface area contributed by atoms with Crippen LogP contribution in [0.25, 0.3) is 0 Å². The van der Waals surface area contributed by atoms with Crippen molar-refractivity contribution in [3.63, 3.8) is 0 Å². The van der Waals surface area contributed by atoms with E-state index >= 15 is 0 Å². The van der Waals surface area contributed by atoms with E-state index in [-0.39, 0.29) is 5.41 Å². The minimum Gasteiger partial charge on any atom is -0.340 e. The van der Waals surface area contributed by atoms with E-state index in [1.54, 1.807) is 0 Å². The third-order valence-corrected chi connectivity index (χ3v) is 3.83. The highest BCUT2D eigenvalue weighted by molar-refractivity contribution is 6.30. The number of aryl methyl sites for hydroxylation is 1. The molecule has 0 fully saturated rings. The summed E-state index contributed by atoms with van der Waals surface area (Å²) >= 11 is 6.16. The number of benzene rings is 1. The van der Waals surface area contributed by atoms with Crippen LogP contribution in [0.4, 0.5) is 11.5 Å². The largest absolute Gasteiger partial charge is 0.340 e. The van der Waals surface area contributed by atoms with E-state index in [4.69, 9.17) is 11.6 Å². The first kappa shape index (κ1) is 15.8. The van der Waals surface area contributed by atoms with Gasteiger partial charge >= 0.3 is 0 Å². The van der Waals surface area contributed by atoms with Crippen molar-refractivity contribution in [3.05, 3.63) is 46.4 Å². The summed E-state index contributed by atoms with van der Waals surface area (Å²) in [5.74, 6) is 1.52. The molecule has 21 heavy (non-hydrogen) atoms. The molecule has 2 rings (SSSR count). The average Bonchev–Trinajstić information content (AvgIpc) is 2.43. The average molecular weight is 304 g/mol. The van der Waals surface area contributed by atoms with Gasteiger partial charge in [0.05, 0.1) is 0 Å². The molecule has 0 saturated heterocycles. The maximum Gasteiger partial charge on any atom is 0.138 e. The molecule has 0 spiro atoms. The van der Waals surface area contributed by atoms with Gasteiger partial charge < -0.3 is 5.32 Å². The summed E-state index contributed by atoms with van der Waals surface area (Å²) in [6, 6.07) is 8.42. The van der Waals surface area contributed by atoms with Crippen molar-refractivity contribution in [1.82, 2.24) is 9.97 Å². The van der Waals surface area contributed by atoms with E-state index in [2.05, 4.69) is 60.3 Å². The van der Waals surface area contributed by atoms with Crippen LogP contribution in [0, 0.1) is 6.92 Å². The van der Waals surface area contributed by atoms with Crippen molar-refractivity contribution in [2.24, 2.45) is 0 Å². The topological polar surface area (TPSA) is 37.8 Å². The molecule has 0 unspecified atom stereocenters. The quantitative estimate of drug-likeness (QED) is 0.807. The van der Waals surface area contributed by atoms with Gasteiger partial charge in [0, 0.05) is 17.7 Å². The molecule has 0 aliphatic rings. The number of aromatic nitrogens is 2. The number of nitrogens with zero attached hydrogens (tertiary/aromatic N) is 2. The molecule has 0 saturated carbocycles. The van der Waals surface area contributed by atoms with Crippen LogP contribution in [0.1, 0.15) is 44.6 Å². The van der Waals surface area contributed by atoms with Gasteiger partial charge in [-0.25, -0.2) is 9.97 Å². The van der Waals surface area contributed by atoms with E-state index in [1.807, 2.05) is 13.8 Å². The highest BCUT2D eigenvalue weighted by Crippen LogP contribution is 2.26. The summed E-state index contributed by atoms with van der Waals surface area (Å²) in [5.41, 5.74) is 3.33. The molecule has 1 heterocycles. The Balaban J connectivity index is 2.28. The van der Waals surface area contributed by atoms with Crippen molar-refractivity contribution in [2.75, 3.05) is 5.32 Å². The van der Waals surface area contributed by atoms with Crippen LogP contribution in [0.3, 0.4) is 0 Å². The zero-order chi connectivity index (χ0) is 15.6. The van der Waals surface area contributed by atoms with Gasteiger partial charge in [0.15, 0.2) is 0 Å². The van der Waals surface area contributed by atoms with Gasteiger partial charge in [-0.3, -0.25) is 0 Å². The molecular weight excluding hydrogens is 282 g/mol. The van der Waals surface area contributed by atoms with Gasteiger partial charge in [-0.15, -0.1) is 0 Å². The molecule has 1 N–H and O–H groups in total. The second kappa shape index (κ2) is 6.02. The number of nitrogens with one attached hydrogen (secondary N) is 1. The lowest BCUT2D eigenvalue weighted by atomic mass is 9.87. The fourth-order valence-corrected chi connectivity index (χ4v) is 2.19. The first-order valence-corrected chi connectivity index (χ1v) is 7.59. The summed E-state index contributed by atoms with van der Waals surface area (Å²) in [5, 5.41) is 3.84. The third-order valence-electron chi connectivity index (χ3n) is 3.46. The fourth-order valence-electron chi connectivity index (χ4n) is 2.00. The third kappa shape index (κ3) is 3.73. The van der Waals surface area contributed by atoms with E-state index in [0.717, 1.165) is 29.3 Å². The van der Waals surface area contributed by atoms with Crippen molar-refractivity contribution in [1.29, 1.82) is 0 Å². The first-order chi connectivity index (χ1) is 9.81. The molecule has 0 aliphatic carbocycles. The van der Waals surface area contributed by atoms with Crippen LogP contribution in [0.15, 0.2) is 24.3 Å². The zero-order valence-electron chi connectivity index (χ0n) is 13.3. The predicted molar refractivity (Wildman–Crippen MR) is 89.6 cm³/mol. The van der Waals surface area contributed by atoms with Gasteiger partial charge in [0.1, 0.15) is 16.8 Å². The molecule has 0 aliphatic heterocycles. The molecule has 2 aromatic rings. The molecule has 4 heteroatoms. The Morgan fingerprint density at radius 2 is 1.71 bits per heavy atom. The Hall–Kier alpha value is -1.61. The Morgan fingerprint density at radius 3 is 2.24 bits per heavy atom. The normalized spacial score (nSPS) is 11.5. The highest BCUT2D eigenvalue weighted by Gasteiger charge is 2.13. The van der Waals surface area contributed by atoms with Gasteiger partial charge in [-0.1, -0.05) is 51.4 Å². The standard InChI is InChI=1S/C17H22ClN3/c1-6-14-20-15(18)11(2)16(21-14)19-13-9-7-12(8-10-13)17(3,4)5/h7-10H,6H2,1-5H3,(H,19,20,21). The second-order valence-electron chi connectivity index (χ2n) is 6.21. The smallest absolute Gasteiger partial charge is 0.138 e. The summed E-state index contributed by atoms with van der Waals surface area (Å²) in [7, 11) is 0. The van der Waals surface area contributed by atoms with Crippen LogP contribution in [-0.4, -0.2) is 9.97 Å². The second-order valence-corrected chi connectivity index (χ2v) is 6.57. The maximum atomic E-state index is 6.16. The molecule has 3 nitrogen and oxygen atoms in total. The monoisotopic (exact) mass is 303 g/mol. The summed E-state index contributed by atoms with van der Waals surface area (Å²) < 4.78 is 0. The number of hydrogen-bond donors (Lipinski definition) is 1. The fraction of sp³-hybridized carbons (Fsp3) is 0.412. The molecule has 0 bridgehead atoms. The van der Waals surface area contributed by atoms with E-state index < -0.39 is 0 Å². The predicted octanol–water partition coefficient (Wildman–Crippen LogP) is 5.04. The molecule has 1 aromatic carbocycles. The lowest BCUT2D eigenvalue weighted by molar-refractivity contribution is 0.590. The molecule has 112 valence electrons. The van der Waals surface area contributed by atoms with Crippen LogP contribution in [0.2, 0.25) is 5.15 Å². The van der Waals surface area contributed by atoms with Gasteiger partial charge in [-0.05, 0) is 30.0 Å². The zero-order valence-corrected chi connectivity index (χ0v) is 14.0. The van der Waals surface area contributed by atoms with E-state index in [0.29, 0.717) is 5.15 Å². The SMILES string of the molecule is CCc1nc(Cl)c(C)c(Nc2ccc(C(C)(C)C)cc2)n1. The Bertz CT molecular complexity index is 628. The van der Waals surface area contributed by atoms with Crippen LogP contribution in [-0.2, 0) is 11.8 Å². The van der Waals surface area contributed by atoms with Crippen LogP contribution >= 0.6 is 11.6 Å². The van der Waals surface area contributed by atoms with Crippen molar-refractivity contribution in [3.8, 4) is 0 Å². The van der Waals surface area contributed by atoms with Crippen LogP contribution < -0.4 is 5.32 Å². The first-order valence-electron chi connectivity index (χ1n) is 7.22. The minimum absolute atomic E-state index is 0.155. The van der Waals surface area contributed by atoms with Crippen molar-refractivity contribution < 1.29 is 0 Å². The summed E-state index contributed by atoms with van der Waals surface area (Å²) in [4.78, 5) is 8.77. The van der Waals surface area contributed by atoms with E-state index in [1.165, 1.54) is 5.56 Å². The van der Waals surface area contributed by atoms with Gasteiger partial charge in [-0.2, -0.15) is 0 Å². The number of hydrogen-bond acceptors (Lipinski definition) is 3.